The van der Waals surface area contributed by atoms with Crippen molar-refractivity contribution in [3.05, 3.63) is 23.8 Å². The Morgan fingerprint density at radius 1 is 1.17 bits per heavy atom. The molecule has 162 valence electrons. The van der Waals surface area contributed by atoms with E-state index in [-0.39, 0.29) is 12.1 Å². The molecular weight excluding hydrogens is 390 g/mol. The van der Waals surface area contributed by atoms with Gasteiger partial charge in [0.25, 0.3) is 0 Å². The van der Waals surface area contributed by atoms with Gasteiger partial charge in [-0.3, -0.25) is 0 Å². The van der Waals surface area contributed by atoms with E-state index in [0.717, 1.165) is 23.6 Å². The molecule has 1 heterocycles. The Kier molecular flexibility index (Phi) is 6.43. The molecule has 8 heteroatoms. The molecule has 7 nitrogen and oxygen atoms in total. The number of nitrogens with one attached hydrogen (secondary N) is 2. The molecule has 1 saturated heterocycles. The van der Waals surface area contributed by atoms with Gasteiger partial charge in [-0.25, -0.2) is 17.9 Å². The molecule has 0 atom stereocenters. The van der Waals surface area contributed by atoms with Crippen LogP contribution in [0, 0.1) is 12.8 Å². The lowest BCUT2D eigenvalue weighted by Crippen LogP contribution is -2.50. The van der Waals surface area contributed by atoms with Crippen LogP contribution in [0.2, 0.25) is 0 Å². The van der Waals surface area contributed by atoms with Crippen LogP contribution in [-0.2, 0) is 10.0 Å². The molecule has 0 spiro atoms. The van der Waals surface area contributed by atoms with E-state index in [9.17, 15) is 13.2 Å². The van der Waals surface area contributed by atoms with E-state index >= 15 is 0 Å². The molecule has 2 amide bonds. The molecule has 1 aliphatic carbocycles. The van der Waals surface area contributed by atoms with Crippen molar-refractivity contribution in [2.75, 3.05) is 25.0 Å². The lowest BCUT2D eigenvalue weighted by atomic mass is 10.1. The van der Waals surface area contributed by atoms with Crippen LogP contribution >= 0.6 is 0 Å². The number of aryl methyl sites for hydroxylation is 1. The van der Waals surface area contributed by atoms with Crippen molar-refractivity contribution in [1.29, 1.82) is 0 Å². The van der Waals surface area contributed by atoms with Gasteiger partial charge in [-0.15, -0.1) is 0 Å². The van der Waals surface area contributed by atoms with Gasteiger partial charge in [0.15, 0.2) is 0 Å². The highest BCUT2D eigenvalue weighted by atomic mass is 32.2. The summed E-state index contributed by atoms with van der Waals surface area (Å²) >= 11 is 0. The Morgan fingerprint density at radius 2 is 1.83 bits per heavy atom. The quantitative estimate of drug-likeness (QED) is 0.733. The van der Waals surface area contributed by atoms with E-state index in [1.165, 1.54) is 12.8 Å². The molecule has 1 saturated carbocycles. The highest BCUT2D eigenvalue weighted by molar-refractivity contribution is 7.90. The van der Waals surface area contributed by atoms with Crippen molar-refractivity contribution in [2.24, 2.45) is 5.92 Å². The third kappa shape index (κ3) is 5.85. The third-order valence-electron chi connectivity index (χ3n) is 5.53. The van der Waals surface area contributed by atoms with Crippen LogP contribution in [0.3, 0.4) is 0 Å². The van der Waals surface area contributed by atoms with E-state index in [1.807, 2.05) is 25.1 Å². The fourth-order valence-corrected chi connectivity index (χ4v) is 4.18. The number of piperidine rings is 1. The average molecular weight is 424 g/mol. The number of anilines is 1. The number of likely N-dealkylation sites (tertiary alicyclic amines) is 1. The van der Waals surface area contributed by atoms with Crippen LogP contribution in [0.5, 0.6) is 5.75 Å². The number of hydrogen-bond acceptors (Lipinski definition) is 4. The van der Waals surface area contributed by atoms with Gasteiger partial charge in [-0.2, -0.15) is 0 Å². The molecule has 1 aliphatic heterocycles. The predicted octanol–water partition coefficient (Wildman–Crippen LogP) is 3.50. The monoisotopic (exact) mass is 423 g/mol. The summed E-state index contributed by atoms with van der Waals surface area (Å²) in [5.41, 5.74) is 1.73. The Hall–Kier alpha value is -1.80. The van der Waals surface area contributed by atoms with Gasteiger partial charge >= 0.3 is 6.03 Å². The number of sulfonamides is 1. The Labute approximate surface area is 174 Å². The summed E-state index contributed by atoms with van der Waals surface area (Å²) in [6.45, 7) is 8.80. The Bertz CT molecular complexity index is 836. The van der Waals surface area contributed by atoms with E-state index in [2.05, 4.69) is 10.0 Å². The minimum atomic E-state index is -3.38. The first-order valence-corrected chi connectivity index (χ1v) is 11.8. The maximum Gasteiger partial charge on any atom is 0.321 e. The second kappa shape index (κ2) is 8.52. The van der Waals surface area contributed by atoms with Crippen LogP contribution in [0.4, 0.5) is 10.5 Å². The molecule has 1 aromatic carbocycles. The molecule has 3 rings (SSSR count). The predicted molar refractivity (Wildman–Crippen MR) is 115 cm³/mol. The SMILES string of the molecule is Cc1cc(OCC2CC2)ccc1NC(=O)N1CCC(NS(=O)(=O)C(C)(C)C)CC1. The number of ether oxygens (including phenoxy) is 1. The maximum absolute atomic E-state index is 12.6. The fourth-order valence-electron chi connectivity index (χ4n) is 3.16. The molecule has 29 heavy (non-hydrogen) atoms. The van der Waals surface area contributed by atoms with Gasteiger partial charge in [0.05, 0.1) is 11.4 Å². The highest BCUT2D eigenvalue weighted by Gasteiger charge is 2.33. The topological polar surface area (TPSA) is 87.7 Å². The van der Waals surface area contributed by atoms with Gasteiger partial charge in [-0.1, -0.05) is 0 Å². The first-order valence-electron chi connectivity index (χ1n) is 10.4. The number of benzene rings is 1. The average Bonchev–Trinajstić information content (AvgIpc) is 3.46. The number of hydrogen-bond donors (Lipinski definition) is 2. The third-order valence-corrected chi connectivity index (χ3v) is 7.79. The standard InChI is InChI=1S/C21H33N3O4S/c1-15-13-18(28-14-16-5-6-16)7-8-19(15)22-20(25)24-11-9-17(10-12-24)23-29(26,27)21(2,3)4/h7-8,13,16-17,23H,5-6,9-12,14H2,1-4H3,(H,22,25). The van der Waals surface area contributed by atoms with Crippen LogP contribution in [0.25, 0.3) is 0 Å². The first-order chi connectivity index (χ1) is 13.5. The zero-order valence-electron chi connectivity index (χ0n) is 17.8. The van der Waals surface area contributed by atoms with E-state index in [1.54, 1.807) is 25.7 Å². The second-order valence-electron chi connectivity index (χ2n) is 9.16. The zero-order chi connectivity index (χ0) is 21.2. The summed E-state index contributed by atoms with van der Waals surface area (Å²) in [5.74, 6) is 1.53. The van der Waals surface area contributed by atoms with Crippen molar-refractivity contribution in [3.63, 3.8) is 0 Å². The minimum absolute atomic E-state index is 0.132. The number of nitrogens with zero attached hydrogens (tertiary/aromatic N) is 1. The Balaban J connectivity index is 1.49. The smallest absolute Gasteiger partial charge is 0.321 e. The van der Waals surface area contributed by atoms with E-state index in [0.29, 0.717) is 31.8 Å². The number of urea groups is 1. The summed E-state index contributed by atoms with van der Waals surface area (Å²) in [4.78, 5) is 14.4. The fraction of sp³-hybridized carbons (Fsp3) is 0.667. The summed E-state index contributed by atoms with van der Waals surface area (Å²) < 4.78 is 32.4. The van der Waals surface area contributed by atoms with Crippen molar-refractivity contribution in [3.8, 4) is 5.75 Å². The van der Waals surface area contributed by atoms with E-state index in [4.69, 9.17) is 4.74 Å². The molecule has 0 bridgehead atoms. The van der Waals surface area contributed by atoms with Gasteiger partial charge in [0.2, 0.25) is 10.0 Å². The van der Waals surface area contributed by atoms with Gasteiger partial charge in [-0.05, 0) is 83.1 Å². The largest absolute Gasteiger partial charge is 0.493 e. The molecule has 2 aliphatic rings. The highest BCUT2D eigenvalue weighted by Crippen LogP contribution is 2.30. The van der Waals surface area contributed by atoms with Crippen LogP contribution < -0.4 is 14.8 Å². The number of carbonyl (C=O) groups excluding carboxylic acids is 1. The van der Waals surface area contributed by atoms with Crippen molar-refractivity contribution in [1.82, 2.24) is 9.62 Å². The molecule has 0 unspecified atom stereocenters. The number of rotatable bonds is 6. The summed E-state index contributed by atoms with van der Waals surface area (Å²) in [7, 11) is -3.38. The van der Waals surface area contributed by atoms with Gasteiger partial charge in [0.1, 0.15) is 5.75 Å². The summed E-state index contributed by atoms with van der Waals surface area (Å²) in [6.07, 6.45) is 3.72. The zero-order valence-corrected chi connectivity index (χ0v) is 18.6. The normalized spacial score (nSPS) is 18.6. The van der Waals surface area contributed by atoms with Crippen LogP contribution in [0.1, 0.15) is 52.0 Å². The second-order valence-corrected chi connectivity index (χ2v) is 11.6. The Morgan fingerprint density at radius 3 is 2.38 bits per heavy atom. The van der Waals surface area contributed by atoms with Gasteiger partial charge < -0.3 is 15.0 Å². The molecule has 0 aromatic heterocycles. The molecule has 0 radical (unpaired) electrons. The number of amides is 2. The van der Waals surface area contributed by atoms with E-state index < -0.39 is 14.8 Å². The molecule has 1 aromatic rings. The minimum Gasteiger partial charge on any atom is -0.493 e. The molecule has 2 N–H and O–H groups in total. The van der Waals surface area contributed by atoms with Crippen LogP contribution in [0.15, 0.2) is 18.2 Å². The lowest BCUT2D eigenvalue weighted by molar-refractivity contribution is 0.193. The number of carbonyl (C=O) groups is 1. The van der Waals surface area contributed by atoms with Crippen molar-refractivity contribution in [2.45, 2.75) is 64.2 Å². The summed E-state index contributed by atoms with van der Waals surface area (Å²) in [6, 6.07) is 5.42. The van der Waals surface area contributed by atoms with Crippen LogP contribution in [-0.4, -0.2) is 49.8 Å². The lowest BCUT2D eigenvalue weighted by Gasteiger charge is -2.33. The molecular formula is C21H33N3O4S. The summed E-state index contributed by atoms with van der Waals surface area (Å²) in [5, 5.41) is 2.96. The van der Waals surface area contributed by atoms with Crippen molar-refractivity contribution >= 4 is 21.7 Å². The molecule has 2 fully saturated rings. The van der Waals surface area contributed by atoms with Crippen molar-refractivity contribution < 1.29 is 17.9 Å². The maximum atomic E-state index is 12.6. The van der Waals surface area contributed by atoms with Gasteiger partial charge in [0, 0.05) is 24.8 Å². The first kappa shape index (κ1) is 21.9.